The third kappa shape index (κ3) is 18.9. The molecule has 9 atom stereocenters. The van der Waals surface area contributed by atoms with Crippen molar-refractivity contribution < 1.29 is 71.3 Å². The van der Waals surface area contributed by atoms with E-state index in [0.717, 1.165) is 48.3 Å². The Balaban J connectivity index is 0.000000142. The largest absolute Gasteiger partial charge is 0.381 e. The molecule has 7 aliphatic rings. The van der Waals surface area contributed by atoms with E-state index in [-0.39, 0.29) is 67.2 Å². The zero-order chi connectivity index (χ0) is 95.3. The van der Waals surface area contributed by atoms with Crippen LogP contribution < -0.4 is 30.7 Å². The molecule has 0 saturated carbocycles. The van der Waals surface area contributed by atoms with Crippen LogP contribution in [0.4, 0.5) is 30.6 Å². The highest BCUT2D eigenvalue weighted by atomic mass is 32.2. The Hall–Kier alpha value is -13.0. The van der Waals surface area contributed by atoms with Crippen molar-refractivity contribution in [2.24, 2.45) is 0 Å². The molecule has 9 aromatic heterocycles. The number of pyridine rings is 3. The van der Waals surface area contributed by atoms with Crippen molar-refractivity contribution >= 4 is 74.0 Å². The van der Waals surface area contributed by atoms with Crippen molar-refractivity contribution in [1.82, 2.24) is 79.6 Å². The van der Waals surface area contributed by atoms with Gasteiger partial charge in [0.15, 0.2) is 16.9 Å². The molecule has 5 amide bonds. The number of terminal acetylenes is 3. The average molecular weight is 1650 g/mol. The summed E-state index contributed by atoms with van der Waals surface area (Å²) < 4.78 is 179. The minimum atomic E-state index is -3.73. The highest BCUT2D eigenvalue weighted by Crippen LogP contribution is 2.41. The molecule has 6 bridgehead atoms. The monoisotopic (exact) mass is 1650 g/mol. The van der Waals surface area contributed by atoms with Crippen molar-refractivity contribution in [2.45, 2.75) is 185 Å². The second-order valence-corrected chi connectivity index (χ2v) is 30.0. The van der Waals surface area contributed by atoms with Crippen molar-refractivity contribution in [3.63, 3.8) is 0 Å². The number of hydrogen-bond donors (Lipinski definition) is 4. The fourth-order valence-corrected chi connectivity index (χ4v) is 15.2. The van der Waals surface area contributed by atoms with Crippen LogP contribution in [0, 0.1) is 61.4 Å². The molecule has 11 aromatic rings. The van der Waals surface area contributed by atoms with Crippen LogP contribution in [-0.2, 0) is 33.4 Å². The van der Waals surface area contributed by atoms with Crippen LogP contribution in [0.5, 0.6) is 0 Å². The molecule has 2 aromatic carbocycles. The van der Waals surface area contributed by atoms with Crippen LogP contribution in [0.15, 0.2) is 146 Å². The summed E-state index contributed by atoms with van der Waals surface area (Å²) in [5.74, 6) is 3.98. The van der Waals surface area contributed by atoms with E-state index in [9.17, 15) is 45.6 Å². The van der Waals surface area contributed by atoms with Gasteiger partial charge in [-0.3, -0.25) is 48.0 Å². The Morgan fingerprint density at radius 1 is 0.513 bits per heavy atom. The molecule has 614 valence electrons. The van der Waals surface area contributed by atoms with E-state index in [0.29, 0.717) is 84.4 Å². The van der Waals surface area contributed by atoms with Crippen LogP contribution in [0.25, 0.3) is 16.9 Å². The molecule has 7 aliphatic heterocycles. The number of nitrogens with zero attached hydrogens (tertiary/aromatic N) is 16. The second-order valence-electron chi connectivity index (χ2n) is 28.4. The van der Waals surface area contributed by atoms with Gasteiger partial charge in [-0.25, -0.2) is 41.7 Å². The molecular weight excluding hydrogens is 1540 g/mol. The molecule has 119 heavy (non-hydrogen) atoms. The van der Waals surface area contributed by atoms with E-state index >= 15 is 0 Å². The molecule has 3 saturated heterocycles. The van der Waals surface area contributed by atoms with Crippen LogP contribution in [0.2, 0.25) is 0 Å². The smallest absolute Gasteiger partial charge is 0.298 e. The van der Waals surface area contributed by atoms with E-state index in [2.05, 4.69) is 85.3 Å². The van der Waals surface area contributed by atoms with Gasteiger partial charge in [0.1, 0.15) is 63.8 Å². The van der Waals surface area contributed by atoms with E-state index in [1.165, 1.54) is 90.2 Å². The van der Waals surface area contributed by atoms with Gasteiger partial charge in [-0.15, -0.1) is 19.3 Å². The Kier molecular flexibility index (Phi) is 21.3. The molecule has 16 heterocycles. The minimum absolute atomic E-state index is 0.121. The van der Waals surface area contributed by atoms with Gasteiger partial charge in [-0.05, 0) is 203 Å². The molecule has 18 rings (SSSR count). The first-order chi connectivity index (χ1) is 61.7. The molecule has 32 heteroatoms. The maximum Gasteiger partial charge on any atom is 0.298 e. The minimum Gasteiger partial charge on any atom is -0.381 e. The van der Waals surface area contributed by atoms with E-state index < -0.39 is 138 Å². The summed E-state index contributed by atoms with van der Waals surface area (Å²) in [7, 11) is -3.73. The first-order valence-electron chi connectivity index (χ1n) is 44.0. The number of rotatable bonds is 4. The van der Waals surface area contributed by atoms with Crippen LogP contribution in [0.1, 0.15) is 225 Å². The van der Waals surface area contributed by atoms with Crippen molar-refractivity contribution in [1.29, 1.82) is 0 Å². The lowest BCUT2D eigenvalue weighted by Crippen LogP contribution is -2.36. The number of imide groups is 1. The molecule has 1 unspecified atom stereocenters. The Labute approximate surface area is 703 Å². The average Bonchev–Trinajstić information content (AvgIpc) is 1.68. The van der Waals surface area contributed by atoms with E-state index in [1.54, 1.807) is 87.0 Å². The number of aliphatic hydroxyl groups is 1. The highest BCUT2D eigenvalue weighted by molar-refractivity contribution is 7.86. The van der Waals surface area contributed by atoms with Gasteiger partial charge in [0.2, 0.25) is 0 Å². The van der Waals surface area contributed by atoms with Crippen molar-refractivity contribution in [3.05, 3.63) is 225 Å². The van der Waals surface area contributed by atoms with E-state index in [4.69, 9.17) is 38.6 Å². The summed E-state index contributed by atoms with van der Waals surface area (Å²) in [5.41, 5.74) is 3.56. The number of benzene rings is 2. The Morgan fingerprint density at radius 3 is 1.18 bits per heavy atom. The number of anilines is 3. The number of aromatic nitrogens is 12. The van der Waals surface area contributed by atoms with E-state index in [1.807, 2.05) is 21.6 Å². The maximum atomic E-state index is 14.3. The van der Waals surface area contributed by atoms with Crippen LogP contribution in [0.3, 0.4) is 0 Å². The number of fused-ring (bicyclic) bond motifs is 16. The van der Waals surface area contributed by atoms with Crippen LogP contribution >= 0.6 is 0 Å². The Morgan fingerprint density at radius 2 is 0.857 bits per heavy atom. The van der Waals surface area contributed by atoms with Gasteiger partial charge < -0.3 is 35.8 Å². The summed E-state index contributed by atoms with van der Waals surface area (Å²) in [6.45, 7) is 12.5. The quantitative estimate of drug-likeness (QED) is 0.0722. The van der Waals surface area contributed by atoms with Gasteiger partial charge in [0.05, 0.1) is 77.4 Å². The van der Waals surface area contributed by atoms with Gasteiger partial charge in [-0.1, -0.05) is 47.6 Å². The molecule has 4 N–H and O–H groups in total. The van der Waals surface area contributed by atoms with Gasteiger partial charge in [0, 0.05) is 89.9 Å². The van der Waals surface area contributed by atoms with Gasteiger partial charge >= 0.3 is 0 Å². The predicted molar refractivity (Wildman–Crippen MR) is 439 cm³/mol. The lowest BCUT2D eigenvalue weighted by molar-refractivity contribution is 0.0628. The molecule has 0 radical (unpaired) electrons. The topological polar surface area (TPSA) is 327 Å². The highest BCUT2D eigenvalue weighted by Gasteiger charge is 2.39. The Bertz CT molecular complexity index is 6050. The number of carbonyl (C=O) groups excluding carboxylic acids is 5. The summed E-state index contributed by atoms with van der Waals surface area (Å²) in [6.07, 6.45) is 13.9. The summed E-state index contributed by atoms with van der Waals surface area (Å²) in [6, 6.07) is 16.5. The zero-order valence-electron chi connectivity index (χ0n) is 77.5. The predicted octanol–water partition coefficient (Wildman–Crippen LogP) is 11.0. The molecule has 28 nitrogen and oxygen atoms in total. The number of nitrogens with one attached hydrogen (secondary N) is 3. The molecular formula is C87H90F3N19O9S. The third-order valence-corrected chi connectivity index (χ3v) is 21.3. The first-order valence-corrected chi connectivity index (χ1v) is 39.4. The standard InChI is InChI=1S/3C20H21FN6O.C12H9NO2.C11H12O3S.C4H6O/c3*1-12-4-5-16-14(9-13(21)10-22-16)17-3-2-7-26(17)18-6-8-27-19(25-18)15(11-23-27)20(28)24-12;1-3-8(2)13-11(14)9-6-4-5-7-10(9)12(13)15;1-4-10(3)14-15(12,13)11-7-5-9(2)6-8-11;1-3-4(2)5/h3*6,8-12,17H,2-5,7H2,1H3,(H,24,28);1,4-8H,2H3;1,5-8,10H,2-3H3;1,4-5H,2H3/t12-,17?;12-,17+;12-,17-;8-;10-;4-/m111100/s1/i3*4D2,5D2;;;. The third-order valence-electron chi connectivity index (χ3n) is 19.9. The summed E-state index contributed by atoms with van der Waals surface area (Å²) in [4.78, 5) is 95.4. The van der Waals surface area contributed by atoms with Gasteiger partial charge in [0.25, 0.3) is 39.7 Å². The lowest BCUT2D eigenvalue weighted by atomic mass is 9.98. The van der Waals surface area contributed by atoms with Crippen molar-refractivity contribution in [2.75, 3.05) is 34.3 Å². The maximum absolute atomic E-state index is 14.3. The normalized spacial score (nSPS) is 23.9. The lowest BCUT2D eigenvalue weighted by Gasteiger charge is -2.27. The van der Waals surface area contributed by atoms with Gasteiger partial charge in [-0.2, -0.15) is 23.7 Å². The number of amides is 5. The molecule has 3 fully saturated rings. The number of carbonyl (C=O) groups is 5. The van der Waals surface area contributed by atoms with Crippen LogP contribution in [-0.4, -0.2) is 163 Å². The second kappa shape index (κ2) is 36.7. The molecule has 0 aliphatic carbocycles. The summed E-state index contributed by atoms with van der Waals surface area (Å²) >= 11 is 0. The number of aliphatic hydroxyl groups excluding tert-OH is 1. The SMILES string of the molecule is C#C[C@@H](C)N1C(=O)c2ccccc2C1=O.C#C[C@H](C)O.C#C[C@H](C)OS(=O)(=O)c1ccc(C)cc1.[2H]C1([2H])c2ncc(F)cc2C2CCCN2c2ccn3ncc(c3n2)C(=O)N[C@H](C)C1([2H])[2H].[2H]C1([2H])c2ncc(F)cc2[C@@H]2CCCN2c2ccn3ncc(c3n2)C(=O)N[C@H](C)C1([2H])[2H].[2H]C1([2H])c2ncc(F)cc2[C@H]2CCCN2c2ccn3ncc(c3n2)C(=O)N[C@H](C)C1([2H])[2H]. The zero-order valence-corrected chi connectivity index (χ0v) is 66.3. The fourth-order valence-electron chi connectivity index (χ4n) is 14.1. The number of hydrogen-bond acceptors (Lipinski definition) is 21. The fraction of sp³-hybridized carbons (Fsp3) is 0.356. The number of aryl methyl sites for hydroxylation is 4. The first kappa shape index (κ1) is 69.2. The molecule has 0 spiro atoms. The number of halogens is 3. The van der Waals surface area contributed by atoms with Crippen molar-refractivity contribution in [3.8, 4) is 37.0 Å². The summed E-state index contributed by atoms with van der Waals surface area (Å²) in [5, 5.41) is 28.2.